The lowest BCUT2D eigenvalue weighted by Gasteiger charge is -2.26. The van der Waals surface area contributed by atoms with Gasteiger partial charge >= 0.3 is 17.9 Å². The molecular formula is C27H37N3O10. The molecule has 1 atom stereocenters. The number of rotatable bonds is 14. The first-order chi connectivity index (χ1) is 18.9. The third-order valence-corrected chi connectivity index (χ3v) is 6.37. The summed E-state index contributed by atoms with van der Waals surface area (Å²) in [5.74, 6) is -3.39. The Morgan fingerprint density at radius 1 is 1.15 bits per heavy atom. The minimum absolute atomic E-state index is 0.281. The van der Waals surface area contributed by atoms with E-state index in [9.17, 15) is 14.4 Å². The van der Waals surface area contributed by atoms with Crippen molar-refractivity contribution in [3.63, 3.8) is 0 Å². The number of carboxylic acids is 3. The molecule has 0 radical (unpaired) electrons. The van der Waals surface area contributed by atoms with Gasteiger partial charge in [-0.25, -0.2) is 9.48 Å². The van der Waals surface area contributed by atoms with Crippen LogP contribution in [0.2, 0.25) is 0 Å². The summed E-state index contributed by atoms with van der Waals surface area (Å²) < 4.78 is 18.6. The Morgan fingerprint density at radius 3 is 2.27 bits per heavy atom. The first-order valence-corrected chi connectivity index (χ1v) is 12.5. The summed E-state index contributed by atoms with van der Waals surface area (Å²) in [6.07, 6.45) is 3.90. The maximum atomic E-state index is 10.3. The number of carboxylic acid groups (broad SMARTS) is 3. The highest BCUT2D eigenvalue weighted by atomic mass is 16.5. The number of hydrogen-bond acceptors (Lipinski definition) is 9. The molecule has 1 unspecified atom stereocenters. The zero-order valence-corrected chi connectivity index (χ0v) is 22.9. The van der Waals surface area contributed by atoms with Gasteiger partial charge in [-0.05, 0) is 25.8 Å². The van der Waals surface area contributed by atoms with E-state index in [-0.39, 0.29) is 6.10 Å². The first kappa shape index (κ1) is 32.3. The second-order valence-electron chi connectivity index (χ2n) is 9.34. The van der Waals surface area contributed by atoms with Gasteiger partial charge in [0.25, 0.3) is 0 Å². The Hall–Kier alpha value is -3.94. The number of hydrogen-bond donors (Lipinski definition) is 4. The SMILES string of the molecule is C=Cn1ncc(CN(Cc2ccc(OC)cc2OC)CC2CCCO2)c1C.O=C(O)CC(O)(CC(=O)O)C(=O)O. The van der Waals surface area contributed by atoms with Crippen LogP contribution >= 0.6 is 0 Å². The van der Waals surface area contributed by atoms with Crippen LogP contribution in [0, 0.1) is 6.92 Å². The molecule has 0 spiro atoms. The molecule has 4 N–H and O–H groups in total. The second-order valence-corrected chi connectivity index (χ2v) is 9.34. The summed E-state index contributed by atoms with van der Waals surface area (Å²) >= 11 is 0. The Bertz CT molecular complexity index is 1160. The van der Waals surface area contributed by atoms with Crippen molar-refractivity contribution >= 4 is 24.1 Å². The number of benzene rings is 1. The standard InChI is InChI=1S/C21H29N3O3.C6H8O7/c1-5-24-16(2)18(12-22-24)14-23(15-20-7-6-10-27-20)13-17-8-9-19(25-3)11-21(17)26-4;7-3(8)1-6(13,5(11)12)2-4(9)10/h5,8-9,11-12,20H,1,6-7,10,13-15H2,2-4H3;13H,1-2H2,(H,7,8)(H,9,10)(H,11,12). The number of nitrogens with zero attached hydrogens (tertiary/aromatic N) is 3. The van der Waals surface area contributed by atoms with Gasteiger partial charge in [-0.1, -0.05) is 12.6 Å². The lowest BCUT2D eigenvalue weighted by Crippen LogP contribution is -2.42. The van der Waals surface area contributed by atoms with Gasteiger partial charge in [0.15, 0.2) is 5.60 Å². The van der Waals surface area contributed by atoms with Crippen LogP contribution in [0.4, 0.5) is 0 Å². The normalized spacial score (nSPS) is 14.8. The third kappa shape index (κ3) is 9.36. The fraction of sp³-hybridized carbons (Fsp3) is 0.481. The first-order valence-electron chi connectivity index (χ1n) is 12.5. The molecule has 40 heavy (non-hydrogen) atoms. The number of aliphatic hydroxyl groups is 1. The number of ether oxygens (including phenoxy) is 3. The summed E-state index contributed by atoms with van der Waals surface area (Å²) in [6.45, 7) is 9.20. The van der Waals surface area contributed by atoms with Crippen LogP contribution in [-0.2, 0) is 32.2 Å². The summed E-state index contributed by atoms with van der Waals surface area (Å²) in [7, 11) is 3.36. The van der Waals surface area contributed by atoms with Crippen LogP contribution in [-0.4, -0.2) is 92.1 Å². The highest BCUT2D eigenvalue weighted by Crippen LogP contribution is 2.27. The minimum Gasteiger partial charge on any atom is -0.497 e. The van der Waals surface area contributed by atoms with E-state index in [1.807, 2.05) is 23.0 Å². The molecule has 1 aliphatic heterocycles. The molecule has 3 rings (SSSR count). The molecule has 1 fully saturated rings. The summed E-state index contributed by atoms with van der Waals surface area (Å²) in [4.78, 5) is 32.9. The lowest BCUT2D eigenvalue weighted by molar-refractivity contribution is -0.170. The molecule has 1 aromatic carbocycles. The van der Waals surface area contributed by atoms with Crippen LogP contribution in [0.5, 0.6) is 11.5 Å². The number of aliphatic carboxylic acids is 3. The average Bonchev–Trinajstić information content (AvgIpc) is 3.53. The van der Waals surface area contributed by atoms with E-state index in [1.54, 1.807) is 20.4 Å². The molecule has 1 saturated heterocycles. The minimum atomic E-state index is -2.74. The van der Waals surface area contributed by atoms with Gasteiger partial charge in [0.05, 0.1) is 39.4 Å². The van der Waals surface area contributed by atoms with Crippen molar-refractivity contribution in [2.75, 3.05) is 27.4 Å². The van der Waals surface area contributed by atoms with E-state index in [0.717, 1.165) is 61.8 Å². The predicted molar refractivity (Wildman–Crippen MR) is 143 cm³/mol. The highest BCUT2D eigenvalue weighted by Gasteiger charge is 2.40. The predicted octanol–water partition coefficient (Wildman–Crippen LogP) is 2.24. The average molecular weight is 564 g/mol. The van der Waals surface area contributed by atoms with Crippen LogP contribution in [0.1, 0.15) is 42.5 Å². The molecule has 0 aliphatic carbocycles. The molecule has 1 aromatic heterocycles. The van der Waals surface area contributed by atoms with Crippen LogP contribution in [0.3, 0.4) is 0 Å². The van der Waals surface area contributed by atoms with Crippen molar-refractivity contribution in [1.29, 1.82) is 0 Å². The van der Waals surface area contributed by atoms with Gasteiger partial charge in [-0.15, -0.1) is 0 Å². The zero-order valence-electron chi connectivity index (χ0n) is 22.9. The molecule has 220 valence electrons. The van der Waals surface area contributed by atoms with Gasteiger partial charge < -0.3 is 34.6 Å². The summed E-state index contributed by atoms with van der Waals surface area (Å²) in [5, 5.41) is 38.2. The molecule has 0 amide bonds. The topological polar surface area (TPSA) is 181 Å². The third-order valence-electron chi connectivity index (χ3n) is 6.37. The van der Waals surface area contributed by atoms with Crippen LogP contribution in [0.25, 0.3) is 6.20 Å². The number of methoxy groups -OCH3 is 2. The van der Waals surface area contributed by atoms with Crippen molar-refractivity contribution in [3.05, 3.63) is 47.8 Å². The monoisotopic (exact) mass is 563 g/mol. The van der Waals surface area contributed by atoms with Gasteiger partial charge in [-0.2, -0.15) is 5.10 Å². The van der Waals surface area contributed by atoms with Crippen LogP contribution < -0.4 is 9.47 Å². The molecule has 0 saturated carbocycles. The molecule has 13 nitrogen and oxygen atoms in total. The Balaban J connectivity index is 0.000000366. The van der Waals surface area contributed by atoms with Crippen molar-refractivity contribution in [1.82, 2.24) is 14.7 Å². The van der Waals surface area contributed by atoms with E-state index in [1.165, 1.54) is 5.56 Å². The smallest absolute Gasteiger partial charge is 0.336 e. The van der Waals surface area contributed by atoms with Gasteiger partial charge in [0.1, 0.15) is 11.5 Å². The summed E-state index contributed by atoms with van der Waals surface area (Å²) in [5.41, 5.74) is 0.701. The highest BCUT2D eigenvalue weighted by molar-refractivity contribution is 5.88. The molecule has 13 heteroatoms. The van der Waals surface area contributed by atoms with Crippen molar-refractivity contribution < 1.29 is 49.0 Å². The van der Waals surface area contributed by atoms with Crippen molar-refractivity contribution in [3.8, 4) is 11.5 Å². The summed E-state index contributed by atoms with van der Waals surface area (Å²) in [6, 6.07) is 5.98. The molecule has 2 aromatic rings. The Labute approximate surface area is 232 Å². The van der Waals surface area contributed by atoms with E-state index >= 15 is 0 Å². The zero-order chi connectivity index (χ0) is 29.9. The number of aromatic nitrogens is 2. The lowest BCUT2D eigenvalue weighted by atomic mass is 9.96. The van der Waals surface area contributed by atoms with Crippen molar-refractivity contribution in [2.45, 2.75) is 57.4 Å². The largest absolute Gasteiger partial charge is 0.497 e. The second kappa shape index (κ2) is 15.0. The number of carbonyl (C=O) groups is 3. The van der Waals surface area contributed by atoms with E-state index < -0.39 is 36.4 Å². The Morgan fingerprint density at radius 2 is 1.80 bits per heavy atom. The maximum Gasteiger partial charge on any atom is 0.336 e. The van der Waals surface area contributed by atoms with Gasteiger partial charge in [0, 0.05) is 55.3 Å². The quantitative estimate of drug-likeness (QED) is 0.264. The fourth-order valence-corrected chi connectivity index (χ4v) is 4.24. The van der Waals surface area contributed by atoms with E-state index in [0.29, 0.717) is 0 Å². The van der Waals surface area contributed by atoms with E-state index in [4.69, 9.17) is 34.6 Å². The molecule has 1 aliphatic rings. The van der Waals surface area contributed by atoms with Crippen molar-refractivity contribution in [2.24, 2.45) is 0 Å². The Kier molecular flexibility index (Phi) is 12.1. The molecular weight excluding hydrogens is 526 g/mol. The fourth-order valence-electron chi connectivity index (χ4n) is 4.24. The molecule has 2 heterocycles. The molecule has 0 bridgehead atoms. The maximum absolute atomic E-state index is 10.3. The van der Waals surface area contributed by atoms with Gasteiger partial charge in [0.2, 0.25) is 0 Å². The van der Waals surface area contributed by atoms with Gasteiger partial charge in [-0.3, -0.25) is 14.5 Å². The van der Waals surface area contributed by atoms with Crippen LogP contribution in [0.15, 0.2) is 31.0 Å². The van der Waals surface area contributed by atoms with E-state index in [2.05, 4.69) is 29.6 Å².